The molecule has 0 aromatic heterocycles. The van der Waals surface area contributed by atoms with Crippen LogP contribution in [0.4, 0.5) is 0 Å². The Hall–Kier alpha value is -3.38. The topological polar surface area (TPSA) is 0 Å². The summed E-state index contributed by atoms with van der Waals surface area (Å²) < 4.78 is 0. The van der Waals surface area contributed by atoms with Gasteiger partial charge in [0.05, 0.1) is 0 Å². The molecule has 1 aromatic carbocycles. The van der Waals surface area contributed by atoms with Gasteiger partial charge in [0.1, 0.15) is 0 Å². The van der Waals surface area contributed by atoms with Crippen LogP contribution in [0.25, 0.3) is 12.2 Å². The van der Waals surface area contributed by atoms with Crippen LogP contribution in [0, 0.1) is 0 Å². The lowest BCUT2D eigenvalue weighted by Crippen LogP contribution is -1.73. The molecule has 2 aliphatic carbocycles. The van der Waals surface area contributed by atoms with Crippen molar-refractivity contribution in [3.8, 4) is 0 Å². The highest BCUT2D eigenvalue weighted by Crippen LogP contribution is 2.26. The van der Waals surface area contributed by atoms with Crippen molar-refractivity contribution in [1.82, 2.24) is 0 Å². The normalized spacial score (nSPS) is 18.4. The van der Waals surface area contributed by atoms with Gasteiger partial charge >= 0.3 is 0 Å². The van der Waals surface area contributed by atoms with Crippen molar-refractivity contribution in [1.29, 1.82) is 0 Å². The molecule has 28 heavy (non-hydrogen) atoms. The first-order valence-electron chi connectivity index (χ1n) is 9.63. The quantitative estimate of drug-likeness (QED) is 0.436. The van der Waals surface area contributed by atoms with Crippen molar-refractivity contribution in [3.05, 3.63) is 144 Å². The van der Waals surface area contributed by atoms with Crippen molar-refractivity contribution < 1.29 is 0 Å². The molecular weight excluding hydrogens is 336 g/mol. The van der Waals surface area contributed by atoms with Gasteiger partial charge in [-0.1, -0.05) is 122 Å². The maximum atomic E-state index is 4.02. The van der Waals surface area contributed by atoms with E-state index >= 15 is 0 Å². The fourth-order valence-corrected chi connectivity index (χ4v) is 3.05. The van der Waals surface area contributed by atoms with Gasteiger partial charge in [0.2, 0.25) is 0 Å². The summed E-state index contributed by atoms with van der Waals surface area (Å²) in [6, 6.07) is 8.31. The predicted octanol–water partition coefficient (Wildman–Crippen LogP) is 7.71. The maximum absolute atomic E-state index is 4.02. The van der Waals surface area contributed by atoms with E-state index in [4.69, 9.17) is 0 Å². The molecule has 0 saturated carbocycles. The van der Waals surface area contributed by atoms with E-state index in [1.165, 1.54) is 27.9 Å². The lowest BCUT2D eigenvalue weighted by Gasteiger charge is -1.93. The molecule has 0 amide bonds. The Morgan fingerprint density at radius 1 is 0.714 bits per heavy atom. The van der Waals surface area contributed by atoms with E-state index in [2.05, 4.69) is 86.0 Å². The van der Waals surface area contributed by atoms with Crippen LogP contribution in [-0.4, -0.2) is 0 Å². The van der Waals surface area contributed by atoms with Crippen LogP contribution >= 0.6 is 0 Å². The minimum absolute atomic E-state index is 1.09. The molecule has 0 nitrogen and oxygen atoms in total. The van der Waals surface area contributed by atoms with Crippen LogP contribution in [-0.2, 0) is 0 Å². The Kier molecular flexibility index (Phi) is 6.98. The zero-order valence-electron chi connectivity index (χ0n) is 16.2. The molecule has 0 radical (unpaired) electrons. The molecule has 0 atom stereocenters. The molecule has 0 saturated heterocycles. The zero-order chi connectivity index (χ0) is 19.6. The fourth-order valence-electron chi connectivity index (χ4n) is 3.05. The number of allylic oxidation sites excluding steroid dienone is 16. The Labute approximate surface area is 169 Å². The molecule has 0 fully saturated rings. The van der Waals surface area contributed by atoms with Gasteiger partial charge in [0.15, 0.2) is 0 Å². The third-order valence-corrected chi connectivity index (χ3v) is 4.58. The van der Waals surface area contributed by atoms with Gasteiger partial charge in [0, 0.05) is 0 Å². The Balaban J connectivity index is 1.46. The number of rotatable bonds is 7. The first-order chi connectivity index (χ1) is 13.7. The third kappa shape index (κ3) is 6.10. The highest BCUT2D eigenvalue weighted by Gasteiger charge is 2.06. The van der Waals surface area contributed by atoms with Crippen LogP contribution in [0.2, 0.25) is 0 Å². The molecule has 138 valence electrons. The molecule has 0 heteroatoms. The molecule has 0 aliphatic heterocycles. The summed E-state index contributed by atoms with van der Waals surface area (Å²) in [6.45, 7) is 7.79. The monoisotopic (exact) mass is 362 g/mol. The first kappa shape index (κ1) is 19.4. The van der Waals surface area contributed by atoms with Crippen LogP contribution in [0.3, 0.4) is 0 Å². The lowest BCUT2D eigenvalue weighted by molar-refractivity contribution is 1.03. The molecule has 0 spiro atoms. The van der Waals surface area contributed by atoms with Crippen LogP contribution < -0.4 is 0 Å². The Morgan fingerprint density at radius 3 is 2.07 bits per heavy atom. The molecule has 2 aliphatic rings. The Bertz CT molecular complexity index is 961. The molecular formula is C28H26. The van der Waals surface area contributed by atoms with Crippen molar-refractivity contribution in [2.24, 2.45) is 0 Å². The second kappa shape index (κ2) is 10.1. The number of hydrogen-bond acceptors (Lipinski definition) is 0. The summed E-state index contributed by atoms with van der Waals surface area (Å²) in [5.41, 5.74) is 7.41. The summed E-state index contributed by atoms with van der Waals surface area (Å²) in [7, 11) is 0. The summed E-state index contributed by atoms with van der Waals surface area (Å²) >= 11 is 0. The fraction of sp³-hybridized carbons (Fsp3) is 0.0714. The van der Waals surface area contributed by atoms with E-state index in [0.717, 1.165) is 18.4 Å². The van der Waals surface area contributed by atoms with E-state index in [-0.39, 0.29) is 0 Å². The second-order valence-electron chi connectivity index (χ2n) is 6.86. The highest BCUT2D eigenvalue weighted by atomic mass is 14.1. The van der Waals surface area contributed by atoms with E-state index in [1.807, 2.05) is 36.5 Å². The standard InChI is InChI=1S/C28H26/c1-3-24-14-16-25(17-15-24)10-8-6-4-5-7-9-11-26-18-19-28(21-26)22-27-13-12-23(2)20-27/h3-11,14-22H,1-2,12-13H2/b6-4-,7-5-,10-8-,11-9-,28-22-. The van der Waals surface area contributed by atoms with Crippen molar-refractivity contribution in [2.45, 2.75) is 12.8 Å². The van der Waals surface area contributed by atoms with Crippen molar-refractivity contribution in [3.63, 3.8) is 0 Å². The second-order valence-corrected chi connectivity index (χ2v) is 6.86. The van der Waals surface area contributed by atoms with Gasteiger partial charge in [0.25, 0.3) is 0 Å². The minimum Gasteiger partial charge on any atom is -0.0985 e. The van der Waals surface area contributed by atoms with E-state index < -0.39 is 0 Å². The van der Waals surface area contributed by atoms with E-state index in [1.54, 1.807) is 0 Å². The number of benzene rings is 1. The van der Waals surface area contributed by atoms with E-state index in [9.17, 15) is 0 Å². The molecule has 0 heterocycles. The first-order valence-corrected chi connectivity index (χ1v) is 9.63. The zero-order valence-corrected chi connectivity index (χ0v) is 16.2. The molecule has 0 bridgehead atoms. The van der Waals surface area contributed by atoms with Crippen LogP contribution in [0.1, 0.15) is 24.0 Å². The average Bonchev–Trinajstić information content (AvgIpc) is 3.33. The third-order valence-electron chi connectivity index (χ3n) is 4.58. The summed E-state index contributed by atoms with van der Waals surface area (Å²) in [5.74, 6) is 0. The van der Waals surface area contributed by atoms with Gasteiger partial charge < -0.3 is 0 Å². The SMILES string of the molecule is C=Cc1ccc(\C=C/C=C\C=C/C=C\C2=CC(=C\C3=CC(=C)CC3)/C=C2)cc1. The lowest BCUT2D eigenvalue weighted by atomic mass is 10.1. The van der Waals surface area contributed by atoms with Crippen molar-refractivity contribution in [2.75, 3.05) is 0 Å². The highest BCUT2D eigenvalue weighted by molar-refractivity contribution is 5.56. The maximum Gasteiger partial charge on any atom is -0.0238 e. The predicted molar refractivity (Wildman–Crippen MR) is 125 cm³/mol. The largest absolute Gasteiger partial charge is 0.0985 e. The van der Waals surface area contributed by atoms with Gasteiger partial charge in [-0.3, -0.25) is 0 Å². The van der Waals surface area contributed by atoms with Crippen LogP contribution in [0.15, 0.2) is 133 Å². The van der Waals surface area contributed by atoms with Crippen LogP contribution in [0.5, 0.6) is 0 Å². The molecule has 0 N–H and O–H groups in total. The summed E-state index contributed by atoms with van der Waals surface area (Å²) in [4.78, 5) is 0. The molecule has 3 rings (SSSR count). The summed E-state index contributed by atoms with van der Waals surface area (Å²) in [6.07, 6.45) is 31.5. The minimum atomic E-state index is 1.09. The van der Waals surface area contributed by atoms with Gasteiger partial charge in [-0.2, -0.15) is 0 Å². The summed E-state index contributed by atoms with van der Waals surface area (Å²) in [5, 5.41) is 0. The van der Waals surface area contributed by atoms with Gasteiger partial charge in [-0.25, -0.2) is 0 Å². The smallest absolute Gasteiger partial charge is 0.0238 e. The molecule has 1 aromatic rings. The average molecular weight is 363 g/mol. The molecule has 0 unspecified atom stereocenters. The van der Waals surface area contributed by atoms with Crippen molar-refractivity contribution >= 4 is 12.2 Å². The Morgan fingerprint density at radius 2 is 1.39 bits per heavy atom. The van der Waals surface area contributed by atoms with Gasteiger partial charge in [-0.05, 0) is 46.8 Å². The van der Waals surface area contributed by atoms with Gasteiger partial charge in [-0.15, -0.1) is 0 Å². The number of hydrogen-bond donors (Lipinski definition) is 0. The van der Waals surface area contributed by atoms with E-state index in [0.29, 0.717) is 0 Å².